The van der Waals surface area contributed by atoms with Crippen molar-refractivity contribution in [1.82, 2.24) is 4.98 Å². The maximum Gasteiger partial charge on any atom is 0.194 e. The second-order valence-corrected chi connectivity index (χ2v) is 6.24. The van der Waals surface area contributed by atoms with Gasteiger partial charge in [-0.15, -0.1) is 0 Å². The Balaban J connectivity index is 1.99. The molecule has 120 valence electrons. The summed E-state index contributed by atoms with van der Waals surface area (Å²) in [5.41, 5.74) is 3.46. The molecule has 1 atom stereocenters. The number of ether oxygens (including phenoxy) is 1. The predicted octanol–water partition coefficient (Wildman–Crippen LogP) is 4.45. The van der Waals surface area contributed by atoms with Gasteiger partial charge < -0.3 is 4.74 Å². The number of aromatic nitrogens is 1. The standard InChI is InChI=1S/C20H23NO2/c1-3-4-10-20(23-2)11-7-16-5-6-17(14-18(16)19(20)22)15-8-12-21-13-9-15/h5-6,8-9,12-14H,3-4,7,10-11H2,1-2H3. The highest BCUT2D eigenvalue weighted by Crippen LogP contribution is 2.36. The molecular weight excluding hydrogens is 286 g/mol. The van der Waals surface area contributed by atoms with Crippen LogP contribution in [0.25, 0.3) is 11.1 Å². The molecule has 3 rings (SSSR count). The van der Waals surface area contributed by atoms with Crippen LogP contribution in [0.3, 0.4) is 0 Å². The topological polar surface area (TPSA) is 39.2 Å². The van der Waals surface area contributed by atoms with Gasteiger partial charge in [0.05, 0.1) is 0 Å². The normalized spacial score (nSPS) is 20.3. The van der Waals surface area contributed by atoms with Crippen molar-refractivity contribution in [3.63, 3.8) is 0 Å². The average molecular weight is 309 g/mol. The summed E-state index contributed by atoms with van der Waals surface area (Å²) in [5.74, 6) is 0.144. The molecule has 1 aromatic heterocycles. The zero-order valence-electron chi connectivity index (χ0n) is 13.8. The molecule has 0 N–H and O–H groups in total. The van der Waals surface area contributed by atoms with Crippen molar-refractivity contribution in [1.29, 1.82) is 0 Å². The highest BCUT2D eigenvalue weighted by Gasteiger charge is 2.42. The number of benzene rings is 1. The number of hydrogen-bond donors (Lipinski definition) is 0. The number of nitrogens with zero attached hydrogens (tertiary/aromatic N) is 1. The van der Waals surface area contributed by atoms with Gasteiger partial charge in [-0.1, -0.05) is 31.9 Å². The van der Waals surface area contributed by atoms with E-state index >= 15 is 0 Å². The van der Waals surface area contributed by atoms with E-state index in [1.807, 2.05) is 18.2 Å². The predicted molar refractivity (Wildman–Crippen MR) is 91.6 cm³/mol. The third-order valence-electron chi connectivity index (χ3n) is 4.91. The minimum atomic E-state index is -0.639. The second kappa shape index (κ2) is 6.63. The molecule has 1 aromatic carbocycles. The Morgan fingerprint density at radius 1 is 1.17 bits per heavy atom. The van der Waals surface area contributed by atoms with Gasteiger partial charge in [-0.3, -0.25) is 9.78 Å². The number of carbonyl (C=O) groups excluding carboxylic acids is 1. The molecule has 1 heterocycles. The Morgan fingerprint density at radius 3 is 2.65 bits per heavy atom. The van der Waals surface area contributed by atoms with Crippen LogP contribution in [0.5, 0.6) is 0 Å². The smallest absolute Gasteiger partial charge is 0.194 e. The zero-order valence-corrected chi connectivity index (χ0v) is 13.8. The largest absolute Gasteiger partial charge is 0.370 e. The Labute approximate surface area is 137 Å². The number of unbranched alkanes of at least 4 members (excludes halogenated alkanes) is 1. The zero-order chi connectivity index (χ0) is 16.3. The van der Waals surface area contributed by atoms with Crippen molar-refractivity contribution >= 4 is 5.78 Å². The first-order valence-electron chi connectivity index (χ1n) is 8.33. The molecule has 0 bridgehead atoms. The Bertz CT molecular complexity index is 696. The molecule has 23 heavy (non-hydrogen) atoms. The van der Waals surface area contributed by atoms with Gasteiger partial charge in [0.15, 0.2) is 5.78 Å². The third kappa shape index (κ3) is 2.93. The minimum absolute atomic E-state index is 0.144. The number of hydrogen-bond acceptors (Lipinski definition) is 3. The van der Waals surface area contributed by atoms with Gasteiger partial charge >= 0.3 is 0 Å². The summed E-state index contributed by atoms with van der Waals surface area (Å²) in [7, 11) is 1.67. The summed E-state index contributed by atoms with van der Waals surface area (Å²) in [5, 5.41) is 0. The monoisotopic (exact) mass is 309 g/mol. The van der Waals surface area contributed by atoms with E-state index in [4.69, 9.17) is 4.74 Å². The molecular formula is C20H23NO2. The molecule has 0 saturated carbocycles. The summed E-state index contributed by atoms with van der Waals surface area (Å²) >= 11 is 0. The second-order valence-electron chi connectivity index (χ2n) is 6.24. The number of ketones is 1. The molecule has 1 unspecified atom stereocenters. The number of fused-ring (bicyclic) bond motifs is 1. The van der Waals surface area contributed by atoms with Crippen LogP contribution in [-0.2, 0) is 11.2 Å². The summed E-state index contributed by atoms with van der Waals surface area (Å²) in [6, 6.07) is 10.1. The maximum absolute atomic E-state index is 13.1. The molecule has 0 fully saturated rings. The summed E-state index contributed by atoms with van der Waals surface area (Å²) in [4.78, 5) is 17.2. The van der Waals surface area contributed by atoms with Crippen LogP contribution >= 0.6 is 0 Å². The van der Waals surface area contributed by atoms with Crippen LogP contribution in [0.1, 0.15) is 48.5 Å². The lowest BCUT2D eigenvalue weighted by Gasteiger charge is -2.35. The van der Waals surface area contributed by atoms with Crippen molar-refractivity contribution in [2.24, 2.45) is 0 Å². The SMILES string of the molecule is CCCCC1(OC)CCc2ccc(-c3ccncc3)cc2C1=O. The molecule has 0 saturated heterocycles. The van der Waals surface area contributed by atoms with Crippen molar-refractivity contribution < 1.29 is 9.53 Å². The fourth-order valence-corrected chi connectivity index (χ4v) is 3.42. The van der Waals surface area contributed by atoms with E-state index in [1.165, 1.54) is 0 Å². The number of rotatable bonds is 5. The summed E-state index contributed by atoms with van der Waals surface area (Å²) < 4.78 is 5.74. The molecule has 3 nitrogen and oxygen atoms in total. The van der Waals surface area contributed by atoms with Gasteiger partial charge in [-0.25, -0.2) is 0 Å². The van der Waals surface area contributed by atoms with Crippen LogP contribution in [0.4, 0.5) is 0 Å². The van der Waals surface area contributed by atoms with Crippen LogP contribution in [0.2, 0.25) is 0 Å². The van der Waals surface area contributed by atoms with Crippen LogP contribution in [0, 0.1) is 0 Å². The Kier molecular flexibility index (Phi) is 4.58. The van der Waals surface area contributed by atoms with E-state index < -0.39 is 5.60 Å². The van der Waals surface area contributed by atoms with Gasteiger partial charge in [-0.05, 0) is 54.2 Å². The first-order valence-corrected chi connectivity index (χ1v) is 8.33. The van der Waals surface area contributed by atoms with E-state index in [0.717, 1.165) is 54.4 Å². The molecule has 2 aromatic rings. The van der Waals surface area contributed by atoms with Crippen LogP contribution in [0.15, 0.2) is 42.7 Å². The number of methoxy groups -OCH3 is 1. The fraction of sp³-hybridized carbons (Fsp3) is 0.400. The van der Waals surface area contributed by atoms with Gasteiger partial charge in [0.2, 0.25) is 0 Å². The molecule has 0 amide bonds. The lowest BCUT2D eigenvalue weighted by atomic mass is 9.76. The molecule has 0 aliphatic heterocycles. The van der Waals surface area contributed by atoms with Gasteiger partial charge in [-0.2, -0.15) is 0 Å². The van der Waals surface area contributed by atoms with E-state index in [0.29, 0.717) is 0 Å². The molecule has 0 spiro atoms. The number of pyridine rings is 1. The van der Waals surface area contributed by atoms with Crippen molar-refractivity contribution in [2.45, 2.75) is 44.6 Å². The third-order valence-corrected chi connectivity index (χ3v) is 4.91. The summed E-state index contributed by atoms with van der Waals surface area (Å²) in [6.45, 7) is 2.14. The quantitative estimate of drug-likeness (QED) is 0.819. The van der Waals surface area contributed by atoms with Crippen molar-refractivity contribution in [2.75, 3.05) is 7.11 Å². The lowest BCUT2D eigenvalue weighted by molar-refractivity contribution is -0.0119. The molecule has 3 heteroatoms. The number of carbonyl (C=O) groups is 1. The van der Waals surface area contributed by atoms with Gasteiger partial charge in [0, 0.05) is 25.1 Å². The first-order chi connectivity index (χ1) is 11.2. The molecule has 1 aliphatic carbocycles. The molecule has 0 radical (unpaired) electrons. The number of Topliss-reactive ketones (excluding diaryl/α,β-unsaturated/α-hetero) is 1. The first kappa shape index (κ1) is 15.9. The van der Waals surface area contributed by atoms with Crippen molar-refractivity contribution in [3.8, 4) is 11.1 Å². The maximum atomic E-state index is 13.1. The van der Waals surface area contributed by atoms with E-state index in [1.54, 1.807) is 19.5 Å². The lowest BCUT2D eigenvalue weighted by Crippen LogP contribution is -2.44. The van der Waals surface area contributed by atoms with Gasteiger partial charge in [0.1, 0.15) is 5.60 Å². The summed E-state index contributed by atoms with van der Waals surface area (Å²) in [6.07, 6.45) is 8.12. The van der Waals surface area contributed by atoms with E-state index in [9.17, 15) is 4.79 Å². The Morgan fingerprint density at radius 2 is 1.96 bits per heavy atom. The Hall–Kier alpha value is -2.00. The highest BCUT2D eigenvalue weighted by atomic mass is 16.5. The van der Waals surface area contributed by atoms with Crippen LogP contribution < -0.4 is 0 Å². The van der Waals surface area contributed by atoms with Crippen molar-refractivity contribution in [3.05, 3.63) is 53.9 Å². The fourth-order valence-electron chi connectivity index (χ4n) is 3.42. The number of aryl methyl sites for hydroxylation is 1. The molecule has 1 aliphatic rings. The van der Waals surface area contributed by atoms with E-state index in [-0.39, 0.29) is 5.78 Å². The van der Waals surface area contributed by atoms with Gasteiger partial charge in [0.25, 0.3) is 0 Å². The average Bonchev–Trinajstić information content (AvgIpc) is 2.62. The highest BCUT2D eigenvalue weighted by molar-refractivity contribution is 6.05. The minimum Gasteiger partial charge on any atom is -0.370 e. The van der Waals surface area contributed by atoms with E-state index in [2.05, 4.69) is 24.0 Å². The van der Waals surface area contributed by atoms with Crippen LogP contribution in [-0.4, -0.2) is 23.5 Å².